The molecule has 1 aliphatic rings. The summed E-state index contributed by atoms with van der Waals surface area (Å²) in [5.41, 5.74) is 1.40. The molecule has 7 heteroatoms. The van der Waals surface area contributed by atoms with Gasteiger partial charge < -0.3 is 10.6 Å². The van der Waals surface area contributed by atoms with Crippen LogP contribution >= 0.6 is 0 Å². The van der Waals surface area contributed by atoms with Gasteiger partial charge in [0.25, 0.3) is 0 Å². The molecule has 3 rings (SSSR count). The van der Waals surface area contributed by atoms with E-state index in [0.29, 0.717) is 18.8 Å². The van der Waals surface area contributed by atoms with Gasteiger partial charge in [-0.1, -0.05) is 6.07 Å². The average Bonchev–Trinajstić information content (AvgIpc) is 2.54. The molecule has 6 nitrogen and oxygen atoms in total. The molecule has 0 spiro atoms. The van der Waals surface area contributed by atoms with Crippen LogP contribution in [0.3, 0.4) is 0 Å². The van der Waals surface area contributed by atoms with E-state index in [-0.39, 0.29) is 12.8 Å². The van der Waals surface area contributed by atoms with E-state index in [4.69, 9.17) is 0 Å². The summed E-state index contributed by atoms with van der Waals surface area (Å²) in [6, 6.07) is 9.07. The minimum absolute atomic E-state index is 0.285. The first-order valence-corrected chi connectivity index (χ1v) is 9.38. The number of benzene rings is 1. The fourth-order valence-corrected chi connectivity index (χ4v) is 4.33. The molecule has 1 amide bonds. The Morgan fingerprint density at radius 2 is 2.00 bits per heavy atom. The van der Waals surface area contributed by atoms with Crippen LogP contribution in [0.15, 0.2) is 36.5 Å². The maximum atomic E-state index is 12.7. The molecule has 23 heavy (non-hydrogen) atoms. The van der Waals surface area contributed by atoms with Crippen LogP contribution in [0.5, 0.6) is 0 Å². The molecule has 0 bridgehead atoms. The Kier molecular flexibility index (Phi) is 4.08. The van der Waals surface area contributed by atoms with Crippen LogP contribution in [0, 0.1) is 0 Å². The summed E-state index contributed by atoms with van der Waals surface area (Å²) in [6.45, 7) is 1.03. The number of anilines is 1. The van der Waals surface area contributed by atoms with Crippen LogP contribution in [0.4, 0.5) is 5.69 Å². The first-order chi connectivity index (χ1) is 10.9. The second-order valence-electron chi connectivity index (χ2n) is 5.88. The number of rotatable bonds is 3. The molecule has 2 heterocycles. The molecule has 1 aromatic carbocycles. The van der Waals surface area contributed by atoms with Gasteiger partial charge in [-0.15, -0.1) is 0 Å². The van der Waals surface area contributed by atoms with E-state index in [1.54, 1.807) is 24.4 Å². The van der Waals surface area contributed by atoms with Crippen LogP contribution in [-0.4, -0.2) is 43.4 Å². The van der Waals surface area contributed by atoms with Crippen molar-refractivity contribution in [2.24, 2.45) is 0 Å². The minimum Gasteiger partial charge on any atom is -0.325 e. The summed E-state index contributed by atoms with van der Waals surface area (Å²) >= 11 is 0. The van der Waals surface area contributed by atoms with E-state index >= 15 is 0 Å². The van der Waals surface area contributed by atoms with E-state index in [0.717, 1.165) is 17.2 Å². The van der Waals surface area contributed by atoms with Crippen LogP contribution in [0.2, 0.25) is 0 Å². The highest BCUT2D eigenvalue weighted by Crippen LogP contribution is 2.30. The van der Waals surface area contributed by atoms with Crippen molar-refractivity contribution < 1.29 is 13.2 Å². The van der Waals surface area contributed by atoms with E-state index in [1.807, 2.05) is 12.1 Å². The third-order valence-corrected chi connectivity index (χ3v) is 6.41. The van der Waals surface area contributed by atoms with Gasteiger partial charge in [0.1, 0.15) is 0 Å². The molecule has 1 saturated heterocycles. The monoisotopic (exact) mass is 333 g/mol. The first kappa shape index (κ1) is 15.9. The predicted octanol–water partition coefficient (Wildman–Crippen LogP) is 1.34. The number of nitrogens with zero attached hydrogens (tertiary/aromatic N) is 1. The zero-order chi connectivity index (χ0) is 16.5. The number of amides is 1. The van der Waals surface area contributed by atoms with E-state index in [2.05, 4.69) is 15.6 Å². The predicted molar refractivity (Wildman–Crippen MR) is 90.1 cm³/mol. The zero-order valence-corrected chi connectivity index (χ0v) is 13.7. The highest BCUT2D eigenvalue weighted by molar-refractivity contribution is 7.92. The van der Waals surface area contributed by atoms with Crippen molar-refractivity contribution in [2.45, 2.75) is 17.6 Å². The van der Waals surface area contributed by atoms with Crippen LogP contribution in [0.25, 0.3) is 10.9 Å². The molecule has 2 N–H and O–H groups in total. The lowest BCUT2D eigenvalue weighted by molar-refractivity contribution is -0.119. The van der Waals surface area contributed by atoms with Gasteiger partial charge >= 0.3 is 0 Å². The van der Waals surface area contributed by atoms with Crippen molar-refractivity contribution >= 4 is 32.3 Å². The van der Waals surface area contributed by atoms with Crippen LogP contribution in [0.1, 0.15) is 12.8 Å². The lowest BCUT2D eigenvalue weighted by atomic mass is 9.95. The molecule has 1 aliphatic heterocycles. The Labute approximate surface area is 135 Å². The summed E-state index contributed by atoms with van der Waals surface area (Å²) in [6.07, 6.45) is 3.41. The van der Waals surface area contributed by atoms with Crippen molar-refractivity contribution in [3.8, 4) is 0 Å². The number of hydrogen-bond acceptors (Lipinski definition) is 5. The SMILES string of the molecule is CS(=O)(=O)C1(C(=O)Nc2ccc3ncccc3c2)CCNCC1. The second-order valence-corrected chi connectivity index (χ2v) is 8.21. The number of sulfone groups is 1. The number of carbonyl (C=O) groups is 1. The largest absolute Gasteiger partial charge is 0.325 e. The number of carbonyl (C=O) groups excluding carboxylic acids is 1. The van der Waals surface area contributed by atoms with Gasteiger partial charge in [0.05, 0.1) is 5.52 Å². The standard InChI is InChI=1S/C16H19N3O3S/c1-23(21,22)16(6-9-17-10-7-16)15(20)19-13-4-5-14-12(11-13)3-2-8-18-14/h2-5,8,11,17H,6-7,9-10H2,1H3,(H,19,20). The summed E-state index contributed by atoms with van der Waals surface area (Å²) in [5, 5.41) is 6.77. The molecule has 0 atom stereocenters. The maximum Gasteiger partial charge on any atom is 0.245 e. The molecule has 1 fully saturated rings. The van der Waals surface area contributed by atoms with Gasteiger partial charge in [-0.05, 0) is 50.2 Å². The number of hydrogen-bond donors (Lipinski definition) is 2. The number of aromatic nitrogens is 1. The average molecular weight is 333 g/mol. The molecular formula is C16H19N3O3S. The quantitative estimate of drug-likeness (QED) is 0.885. The molecule has 0 aliphatic carbocycles. The minimum atomic E-state index is -3.51. The number of pyridine rings is 1. The molecule has 0 unspecified atom stereocenters. The number of fused-ring (bicyclic) bond motifs is 1. The van der Waals surface area contributed by atoms with Crippen LogP contribution in [-0.2, 0) is 14.6 Å². The lowest BCUT2D eigenvalue weighted by Crippen LogP contribution is -2.55. The smallest absolute Gasteiger partial charge is 0.245 e. The van der Waals surface area contributed by atoms with Gasteiger partial charge in [0.15, 0.2) is 14.6 Å². The van der Waals surface area contributed by atoms with E-state index in [1.165, 1.54) is 0 Å². The van der Waals surface area contributed by atoms with Crippen molar-refractivity contribution in [3.63, 3.8) is 0 Å². The molecule has 2 aromatic rings. The Balaban J connectivity index is 1.91. The fraction of sp³-hybridized carbons (Fsp3) is 0.375. The lowest BCUT2D eigenvalue weighted by Gasteiger charge is -2.34. The highest BCUT2D eigenvalue weighted by Gasteiger charge is 2.48. The fourth-order valence-electron chi connectivity index (χ4n) is 3.00. The number of nitrogens with one attached hydrogen (secondary N) is 2. The third-order valence-electron chi connectivity index (χ3n) is 4.40. The van der Waals surface area contributed by atoms with Crippen LogP contribution < -0.4 is 10.6 Å². The van der Waals surface area contributed by atoms with E-state index < -0.39 is 20.5 Å². The Hall–Kier alpha value is -1.99. The van der Waals surface area contributed by atoms with Gasteiger partial charge in [-0.25, -0.2) is 8.42 Å². The Morgan fingerprint density at radius 3 is 2.70 bits per heavy atom. The van der Waals surface area contributed by atoms with E-state index in [9.17, 15) is 13.2 Å². The van der Waals surface area contributed by atoms with Gasteiger partial charge in [-0.2, -0.15) is 0 Å². The Bertz CT molecular complexity index is 843. The normalized spacial score (nSPS) is 17.8. The summed E-state index contributed by atoms with van der Waals surface area (Å²) < 4.78 is 23.1. The topological polar surface area (TPSA) is 88.2 Å². The first-order valence-electron chi connectivity index (χ1n) is 7.49. The highest BCUT2D eigenvalue weighted by atomic mass is 32.2. The third kappa shape index (κ3) is 2.94. The van der Waals surface area contributed by atoms with Crippen molar-refractivity contribution in [3.05, 3.63) is 36.5 Å². The molecule has 122 valence electrons. The van der Waals surface area contributed by atoms with Gasteiger partial charge in [-0.3, -0.25) is 9.78 Å². The molecule has 0 saturated carbocycles. The van der Waals surface area contributed by atoms with Crippen molar-refractivity contribution in [1.82, 2.24) is 10.3 Å². The Morgan fingerprint density at radius 1 is 1.26 bits per heavy atom. The maximum absolute atomic E-state index is 12.7. The number of piperidine rings is 1. The molecule has 0 radical (unpaired) electrons. The molecular weight excluding hydrogens is 314 g/mol. The second kappa shape index (κ2) is 5.90. The summed E-state index contributed by atoms with van der Waals surface area (Å²) in [7, 11) is -3.51. The zero-order valence-electron chi connectivity index (χ0n) is 12.9. The summed E-state index contributed by atoms with van der Waals surface area (Å²) in [5.74, 6) is -0.454. The molecule has 1 aromatic heterocycles. The van der Waals surface area contributed by atoms with Gasteiger partial charge in [0, 0.05) is 23.5 Å². The van der Waals surface area contributed by atoms with Crippen molar-refractivity contribution in [2.75, 3.05) is 24.7 Å². The summed E-state index contributed by atoms with van der Waals surface area (Å²) in [4.78, 5) is 17.0. The van der Waals surface area contributed by atoms with Gasteiger partial charge in [0.2, 0.25) is 5.91 Å². The van der Waals surface area contributed by atoms with Crippen molar-refractivity contribution in [1.29, 1.82) is 0 Å².